The minimum atomic E-state index is -0.775. The van der Waals surface area contributed by atoms with Crippen molar-refractivity contribution < 1.29 is 4.79 Å². The number of hydrogen-bond donors (Lipinski definition) is 0. The van der Waals surface area contributed by atoms with Crippen LogP contribution in [0.4, 0.5) is 0 Å². The summed E-state index contributed by atoms with van der Waals surface area (Å²) in [6.07, 6.45) is 4.29. The summed E-state index contributed by atoms with van der Waals surface area (Å²) in [5.74, 6) is -0.301. The van der Waals surface area contributed by atoms with Crippen molar-refractivity contribution in [2.75, 3.05) is 7.05 Å². The van der Waals surface area contributed by atoms with Gasteiger partial charge in [-0.3, -0.25) is 9.59 Å². The smallest absolute Gasteiger partial charge is 0.278 e. The molecule has 0 N–H and O–H groups in total. The number of benzene rings is 1. The number of hydrogen-bond acceptors (Lipinski definition) is 5. The quantitative estimate of drug-likeness (QED) is 0.852. The molecule has 0 aliphatic heterocycles. The van der Waals surface area contributed by atoms with E-state index in [4.69, 9.17) is 0 Å². The van der Waals surface area contributed by atoms with Gasteiger partial charge in [0.2, 0.25) is 5.91 Å². The Morgan fingerprint density at radius 2 is 2.04 bits per heavy atom. The molecule has 0 unspecified atom stereocenters. The van der Waals surface area contributed by atoms with Crippen LogP contribution in [0.5, 0.6) is 0 Å². The van der Waals surface area contributed by atoms with Gasteiger partial charge in [0.15, 0.2) is 0 Å². The van der Waals surface area contributed by atoms with E-state index in [1.165, 1.54) is 4.90 Å². The van der Waals surface area contributed by atoms with E-state index >= 15 is 0 Å². The molecule has 1 fully saturated rings. The number of amides is 1. The fraction of sp³-hybridized carbons (Fsp3) is 0.471. The molecule has 1 saturated carbocycles. The number of fused-ring (bicyclic) bond motifs is 1. The highest BCUT2D eigenvalue weighted by atomic mass is 16.2. The molecule has 1 amide bonds. The summed E-state index contributed by atoms with van der Waals surface area (Å²) in [7, 11) is 1.64. The number of nitrogens with zero attached hydrogens (tertiary/aromatic N) is 5. The lowest BCUT2D eigenvalue weighted by molar-refractivity contribution is -0.135. The van der Waals surface area contributed by atoms with Crippen LogP contribution in [-0.4, -0.2) is 38.4 Å². The van der Waals surface area contributed by atoms with Crippen LogP contribution in [0.25, 0.3) is 10.9 Å². The van der Waals surface area contributed by atoms with E-state index in [0.717, 1.165) is 23.9 Å². The third-order valence-electron chi connectivity index (χ3n) is 4.82. The monoisotopic (exact) mass is 325 g/mol. The van der Waals surface area contributed by atoms with E-state index in [9.17, 15) is 14.9 Å². The number of likely N-dealkylation sites (N-methyl/N-ethyl adjacent to an activating group) is 1. The molecule has 0 bridgehead atoms. The summed E-state index contributed by atoms with van der Waals surface area (Å²) in [6.45, 7) is -0.212. The Balaban J connectivity index is 1.86. The maximum absolute atomic E-state index is 12.6. The molecule has 1 aromatic carbocycles. The van der Waals surface area contributed by atoms with Crippen LogP contribution in [0.3, 0.4) is 0 Å². The first-order chi connectivity index (χ1) is 11.6. The molecule has 24 heavy (non-hydrogen) atoms. The van der Waals surface area contributed by atoms with E-state index in [1.807, 2.05) is 0 Å². The van der Waals surface area contributed by atoms with Gasteiger partial charge in [0.25, 0.3) is 5.56 Å². The van der Waals surface area contributed by atoms with Crippen LogP contribution in [0, 0.1) is 11.3 Å². The van der Waals surface area contributed by atoms with Crippen molar-refractivity contribution in [2.45, 2.75) is 44.2 Å². The molecule has 0 atom stereocenters. The van der Waals surface area contributed by atoms with E-state index in [-0.39, 0.29) is 18.0 Å². The van der Waals surface area contributed by atoms with Crippen LogP contribution < -0.4 is 5.56 Å². The van der Waals surface area contributed by atoms with Crippen molar-refractivity contribution in [1.29, 1.82) is 5.26 Å². The van der Waals surface area contributed by atoms with Gasteiger partial charge in [0.1, 0.15) is 17.6 Å². The predicted molar refractivity (Wildman–Crippen MR) is 88.0 cm³/mol. The average Bonchev–Trinajstić information content (AvgIpc) is 2.64. The lowest BCUT2D eigenvalue weighted by atomic mass is 9.81. The zero-order valence-electron chi connectivity index (χ0n) is 13.6. The van der Waals surface area contributed by atoms with Gasteiger partial charge in [0.05, 0.1) is 11.5 Å². The van der Waals surface area contributed by atoms with Gasteiger partial charge < -0.3 is 4.90 Å². The highest BCUT2D eigenvalue weighted by Crippen LogP contribution is 2.32. The normalized spacial score (nSPS) is 16.5. The topological polar surface area (TPSA) is 91.9 Å². The van der Waals surface area contributed by atoms with Crippen LogP contribution in [-0.2, 0) is 11.3 Å². The molecular formula is C17H19N5O2. The predicted octanol–water partition coefficient (Wildman–Crippen LogP) is 1.48. The summed E-state index contributed by atoms with van der Waals surface area (Å²) in [5.41, 5.74) is -0.624. The van der Waals surface area contributed by atoms with E-state index in [2.05, 4.69) is 16.4 Å². The van der Waals surface area contributed by atoms with Gasteiger partial charge in [0, 0.05) is 7.05 Å². The zero-order chi connectivity index (χ0) is 17.2. The molecule has 0 saturated heterocycles. The lowest BCUT2D eigenvalue weighted by Crippen LogP contribution is -2.51. The second-order valence-electron chi connectivity index (χ2n) is 6.23. The van der Waals surface area contributed by atoms with E-state index in [1.54, 1.807) is 31.3 Å². The molecule has 0 spiro atoms. The van der Waals surface area contributed by atoms with Crippen molar-refractivity contribution in [2.24, 2.45) is 0 Å². The maximum atomic E-state index is 12.6. The SMILES string of the molecule is CN(C(=O)Cn1nnc2ccccc2c1=O)C1(C#N)CCCCC1. The van der Waals surface area contributed by atoms with E-state index in [0.29, 0.717) is 23.7 Å². The standard InChI is InChI=1S/C17H19N5O2/c1-21(17(12-18)9-5-2-6-10-17)15(23)11-22-16(24)13-7-3-4-8-14(13)19-20-22/h3-4,7-8H,2,5-6,9-11H2,1H3. The summed E-state index contributed by atoms with van der Waals surface area (Å²) >= 11 is 0. The van der Waals surface area contributed by atoms with Crippen LogP contribution >= 0.6 is 0 Å². The lowest BCUT2D eigenvalue weighted by Gasteiger charge is -2.39. The third kappa shape index (κ3) is 2.75. The number of nitriles is 1. The Morgan fingerprint density at radius 1 is 1.33 bits per heavy atom. The Labute approximate surface area is 139 Å². The maximum Gasteiger partial charge on any atom is 0.278 e. The summed E-state index contributed by atoms with van der Waals surface area (Å²) < 4.78 is 1.06. The van der Waals surface area contributed by atoms with Crippen LogP contribution in [0.2, 0.25) is 0 Å². The van der Waals surface area contributed by atoms with Crippen molar-refractivity contribution >= 4 is 16.8 Å². The van der Waals surface area contributed by atoms with Crippen LogP contribution in [0.15, 0.2) is 29.1 Å². The number of aromatic nitrogens is 3. The fourth-order valence-electron chi connectivity index (χ4n) is 3.26. The van der Waals surface area contributed by atoms with Gasteiger partial charge in [-0.25, -0.2) is 4.68 Å². The van der Waals surface area contributed by atoms with Crippen LogP contribution in [0.1, 0.15) is 32.1 Å². The number of rotatable bonds is 3. The molecule has 124 valence electrons. The molecule has 0 radical (unpaired) electrons. The molecule has 3 rings (SSSR count). The van der Waals surface area contributed by atoms with Gasteiger partial charge in [-0.2, -0.15) is 5.26 Å². The minimum absolute atomic E-state index is 0.212. The molecule has 1 heterocycles. The van der Waals surface area contributed by atoms with Crippen molar-refractivity contribution in [3.8, 4) is 6.07 Å². The third-order valence-corrected chi connectivity index (χ3v) is 4.82. The molecule has 1 aliphatic carbocycles. The summed E-state index contributed by atoms with van der Waals surface area (Å²) in [4.78, 5) is 26.5. The Kier molecular flexibility index (Phi) is 4.30. The zero-order valence-corrected chi connectivity index (χ0v) is 13.6. The fourth-order valence-corrected chi connectivity index (χ4v) is 3.26. The first-order valence-electron chi connectivity index (χ1n) is 8.08. The van der Waals surface area contributed by atoms with Gasteiger partial charge >= 0.3 is 0 Å². The number of carbonyl (C=O) groups is 1. The van der Waals surface area contributed by atoms with Gasteiger partial charge in [-0.15, -0.1) is 5.10 Å². The summed E-state index contributed by atoms with van der Waals surface area (Å²) in [6, 6.07) is 9.20. The average molecular weight is 325 g/mol. The van der Waals surface area contributed by atoms with Crippen molar-refractivity contribution in [1.82, 2.24) is 19.9 Å². The largest absolute Gasteiger partial charge is 0.325 e. The first-order valence-corrected chi connectivity index (χ1v) is 8.08. The van der Waals surface area contributed by atoms with Gasteiger partial charge in [-0.05, 0) is 25.0 Å². The molecule has 7 heteroatoms. The second-order valence-corrected chi connectivity index (χ2v) is 6.23. The molecule has 2 aromatic rings. The molecule has 1 aromatic heterocycles. The molecule has 1 aliphatic rings. The summed E-state index contributed by atoms with van der Waals surface area (Å²) in [5, 5.41) is 17.8. The molecular weight excluding hydrogens is 306 g/mol. The molecule has 7 nitrogen and oxygen atoms in total. The Morgan fingerprint density at radius 3 is 2.75 bits per heavy atom. The van der Waals surface area contributed by atoms with Crippen molar-refractivity contribution in [3.05, 3.63) is 34.6 Å². The Hall–Kier alpha value is -2.75. The highest BCUT2D eigenvalue weighted by molar-refractivity contribution is 5.79. The van der Waals surface area contributed by atoms with Crippen molar-refractivity contribution in [3.63, 3.8) is 0 Å². The van der Waals surface area contributed by atoms with E-state index < -0.39 is 5.54 Å². The Bertz CT molecular complexity index is 861. The number of carbonyl (C=O) groups excluding carboxylic acids is 1. The highest BCUT2D eigenvalue weighted by Gasteiger charge is 2.38. The minimum Gasteiger partial charge on any atom is -0.325 e. The van der Waals surface area contributed by atoms with Gasteiger partial charge in [-0.1, -0.05) is 36.6 Å². The second kappa shape index (κ2) is 6.40. The first kappa shape index (κ1) is 16.1.